The molecule has 10 nitrogen and oxygen atoms in total. The van der Waals surface area contributed by atoms with Gasteiger partial charge < -0.3 is 10.1 Å². The number of nitrogens with one attached hydrogen (secondary N) is 1. The Kier molecular flexibility index (Phi) is 6.90. The van der Waals surface area contributed by atoms with Gasteiger partial charge in [-0.05, 0) is 66.5 Å². The molecule has 2 aromatic heterocycles. The van der Waals surface area contributed by atoms with E-state index in [4.69, 9.17) is 16.3 Å². The summed E-state index contributed by atoms with van der Waals surface area (Å²) in [6, 6.07) is 10.6. The van der Waals surface area contributed by atoms with Crippen LogP contribution >= 0.6 is 27.5 Å². The van der Waals surface area contributed by atoms with Gasteiger partial charge in [-0.3, -0.25) is 19.6 Å². The third-order valence-corrected chi connectivity index (χ3v) is 6.74. The lowest BCUT2D eigenvalue weighted by atomic mass is 10.2. The number of anilines is 1. The Morgan fingerprint density at radius 1 is 1.14 bits per heavy atom. The smallest absolute Gasteiger partial charge is 0.276 e. The summed E-state index contributed by atoms with van der Waals surface area (Å²) in [5.41, 5.74) is 2.69. The second-order valence-corrected chi connectivity index (χ2v) is 9.01. The van der Waals surface area contributed by atoms with Gasteiger partial charge in [0.2, 0.25) is 0 Å². The monoisotopic (exact) mass is 558 g/mol. The number of hydrogen-bond acceptors (Lipinski definition) is 6. The zero-order valence-electron chi connectivity index (χ0n) is 19.0. The van der Waals surface area contributed by atoms with E-state index in [-0.39, 0.29) is 22.8 Å². The van der Waals surface area contributed by atoms with Crippen LogP contribution in [0.3, 0.4) is 0 Å². The van der Waals surface area contributed by atoms with Gasteiger partial charge in [0.25, 0.3) is 11.6 Å². The zero-order valence-corrected chi connectivity index (χ0v) is 21.3. The number of aryl methyl sites for hydroxylation is 2. The first kappa shape index (κ1) is 24.4. The molecule has 0 bridgehead atoms. The molecule has 0 unspecified atom stereocenters. The Labute approximate surface area is 213 Å². The largest absolute Gasteiger partial charge is 0.457 e. The van der Waals surface area contributed by atoms with Crippen LogP contribution in [0.5, 0.6) is 11.5 Å². The van der Waals surface area contributed by atoms with Gasteiger partial charge in [-0.2, -0.15) is 10.2 Å². The van der Waals surface area contributed by atoms with Crippen molar-refractivity contribution in [2.45, 2.75) is 27.4 Å². The Morgan fingerprint density at radius 2 is 1.91 bits per heavy atom. The lowest BCUT2D eigenvalue weighted by Gasteiger charge is -2.10. The van der Waals surface area contributed by atoms with Gasteiger partial charge in [0.15, 0.2) is 5.69 Å². The molecule has 2 heterocycles. The molecule has 2 aromatic carbocycles. The summed E-state index contributed by atoms with van der Waals surface area (Å²) in [7, 11) is 0. The molecule has 12 heteroatoms. The fraction of sp³-hybridized carbons (Fsp3) is 0.174. The van der Waals surface area contributed by atoms with Crippen molar-refractivity contribution in [3.05, 3.63) is 90.9 Å². The SMILES string of the molecule is Cc1cc(Oc2cc(NC(=O)c3ccn(Cn4nc(C)c(Br)c4C)n3)cc([N+](=O)[O-])c2)ccc1Cl. The summed E-state index contributed by atoms with van der Waals surface area (Å²) in [5, 5.41) is 23.4. The standard InChI is InChI=1S/C23H20BrClN6O4/c1-13-8-18(4-5-20(13)25)35-19-10-16(9-17(11-19)31(33)34)26-23(32)21-6-7-29(28-21)12-30-15(3)22(24)14(2)27-30/h4-11H,12H2,1-3H3,(H,26,32). The molecule has 4 aromatic rings. The van der Waals surface area contributed by atoms with Crippen LogP contribution in [0.1, 0.15) is 27.4 Å². The van der Waals surface area contributed by atoms with E-state index in [0.717, 1.165) is 21.4 Å². The predicted octanol–water partition coefficient (Wildman–Crippen LogP) is 5.88. The molecule has 0 aliphatic heterocycles. The second-order valence-electron chi connectivity index (χ2n) is 7.81. The number of carbonyl (C=O) groups is 1. The molecule has 0 fully saturated rings. The number of nitro benzene ring substituents is 1. The third kappa shape index (κ3) is 5.52. The van der Waals surface area contributed by atoms with Crippen LogP contribution in [0.15, 0.2) is 53.1 Å². The van der Waals surface area contributed by atoms with Crippen molar-refractivity contribution in [1.29, 1.82) is 0 Å². The van der Waals surface area contributed by atoms with Crippen molar-refractivity contribution in [3.63, 3.8) is 0 Å². The molecule has 0 aliphatic rings. The summed E-state index contributed by atoms with van der Waals surface area (Å²) < 4.78 is 10.0. The highest BCUT2D eigenvalue weighted by molar-refractivity contribution is 9.10. The van der Waals surface area contributed by atoms with E-state index in [2.05, 4.69) is 31.4 Å². The van der Waals surface area contributed by atoms with Crippen molar-refractivity contribution in [3.8, 4) is 11.5 Å². The average molecular weight is 560 g/mol. The van der Waals surface area contributed by atoms with Gasteiger partial charge in [0.1, 0.15) is 18.2 Å². The maximum Gasteiger partial charge on any atom is 0.276 e. The number of non-ortho nitro benzene ring substituents is 1. The van der Waals surface area contributed by atoms with Crippen molar-refractivity contribution >= 4 is 44.8 Å². The van der Waals surface area contributed by atoms with Crippen molar-refractivity contribution < 1.29 is 14.5 Å². The zero-order chi connectivity index (χ0) is 25.3. The topological polar surface area (TPSA) is 117 Å². The van der Waals surface area contributed by atoms with Crippen LogP contribution in [-0.4, -0.2) is 30.4 Å². The van der Waals surface area contributed by atoms with Crippen LogP contribution in [-0.2, 0) is 6.67 Å². The lowest BCUT2D eigenvalue weighted by Crippen LogP contribution is -2.16. The van der Waals surface area contributed by atoms with E-state index >= 15 is 0 Å². The molecule has 0 saturated heterocycles. The van der Waals surface area contributed by atoms with E-state index in [1.165, 1.54) is 18.2 Å². The van der Waals surface area contributed by atoms with E-state index in [1.54, 1.807) is 39.8 Å². The molecular weight excluding hydrogens is 540 g/mol. The minimum Gasteiger partial charge on any atom is -0.457 e. The van der Waals surface area contributed by atoms with Gasteiger partial charge in [-0.15, -0.1) is 0 Å². The first-order valence-electron chi connectivity index (χ1n) is 10.4. The summed E-state index contributed by atoms with van der Waals surface area (Å²) in [6.07, 6.45) is 1.66. The van der Waals surface area contributed by atoms with Crippen molar-refractivity contribution in [1.82, 2.24) is 19.6 Å². The highest BCUT2D eigenvalue weighted by atomic mass is 79.9. The molecule has 0 spiro atoms. The predicted molar refractivity (Wildman–Crippen MR) is 134 cm³/mol. The van der Waals surface area contributed by atoms with Crippen LogP contribution in [0.25, 0.3) is 0 Å². The summed E-state index contributed by atoms with van der Waals surface area (Å²) >= 11 is 9.53. The average Bonchev–Trinajstić information content (AvgIpc) is 3.37. The fourth-order valence-electron chi connectivity index (χ4n) is 3.34. The molecule has 35 heavy (non-hydrogen) atoms. The molecule has 1 N–H and O–H groups in total. The number of amides is 1. The number of hydrogen-bond donors (Lipinski definition) is 1. The Hall–Kier alpha value is -3.70. The maximum absolute atomic E-state index is 12.8. The van der Waals surface area contributed by atoms with Crippen LogP contribution in [0, 0.1) is 30.9 Å². The van der Waals surface area contributed by atoms with Crippen LogP contribution < -0.4 is 10.1 Å². The summed E-state index contributed by atoms with van der Waals surface area (Å²) in [6.45, 7) is 5.96. The van der Waals surface area contributed by atoms with Crippen LogP contribution in [0.2, 0.25) is 5.02 Å². The molecule has 1 amide bonds. The Balaban J connectivity index is 1.53. The molecule has 0 atom stereocenters. The first-order chi connectivity index (χ1) is 16.6. The molecule has 0 radical (unpaired) electrons. The molecule has 0 saturated carbocycles. The number of benzene rings is 2. The van der Waals surface area contributed by atoms with Gasteiger partial charge in [0, 0.05) is 23.4 Å². The van der Waals surface area contributed by atoms with Crippen molar-refractivity contribution in [2.75, 3.05) is 5.32 Å². The van der Waals surface area contributed by atoms with Crippen LogP contribution in [0.4, 0.5) is 11.4 Å². The highest BCUT2D eigenvalue weighted by Gasteiger charge is 2.16. The third-order valence-electron chi connectivity index (χ3n) is 5.17. The number of nitrogens with zero attached hydrogens (tertiary/aromatic N) is 5. The number of ether oxygens (including phenoxy) is 1. The van der Waals surface area contributed by atoms with Crippen molar-refractivity contribution in [2.24, 2.45) is 0 Å². The first-order valence-corrected chi connectivity index (χ1v) is 11.6. The minimum atomic E-state index is -0.559. The van der Waals surface area contributed by atoms with E-state index in [1.807, 2.05) is 20.8 Å². The number of carbonyl (C=O) groups excluding carboxylic acids is 1. The minimum absolute atomic E-state index is 0.146. The maximum atomic E-state index is 12.8. The Bertz CT molecular complexity index is 1450. The highest BCUT2D eigenvalue weighted by Crippen LogP contribution is 2.31. The van der Waals surface area contributed by atoms with Gasteiger partial charge in [-0.1, -0.05) is 11.6 Å². The lowest BCUT2D eigenvalue weighted by molar-refractivity contribution is -0.384. The van der Waals surface area contributed by atoms with Gasteiger partial charge >= 0.3 is 0 Å². The normalized spacial score (nSPS) is 10.9. The molecular formula is C23H20BrClN6O4. The second kappa shape index (κ2) is 9.88. The summed E-state index contributed by atoms with van der Waals surface area (Å²) in [5.74, 6) is 0.128. The quantitative estimate of drug-likeness (QED) is 0.223. The number of aromatic nitrogens is 4. The summed E-state index contributed by atoms with van der Waals surface area (Å²) in [4.78, 5) is 23.7. The molecule has 4 rings (SSSR count). The van der Waals surface area contributed by atoms with Gasteiger partial charge in [0.05, 0.1) is 32.5 Å². The number of nitro groups is 1. The van der Waals surface area contributed by atoms with E-state index in [0.29, 0.717) is 17.4 Å². The number of halogens is 2. The Morgan fingerprint density at radius 3 is 2.57 bits per heavy atom. The van der Waals surface area contributed by atoms with Gasteiger partial charge in [-0.25, -0.2) is 4.68 Å². The molecule has 0 aliphatic carbocycles. The van der Waals surface area contributed by atoms with E-state index < -0.39 is 10.8 Å². The van der Waals surface area contributed by atoms with E-state index in [9.17, 15) is 14.9 Å². The fourth-order valence-corrected chi connectivity index (χ4v) is 3.74. The molecule has 180 valence electrons. The number of rotatable bonds is 7.